The average molecular weight is 546 g/mol. The molecule has 0 radical (unpaired) electrons. The standard InChI is InChI=1S/C33H43N3O2S/c1-22(2)32-35-20-30(39-32)28-16-17-34-31(19-28)36(33(37)26-8-6-5-7-9-26)21-24-10-12-25(13-11-24)27-14-15-29(38-4)23(3)18-27/h14-20,22,24-26H,5-13,21H2,1-4H3. The van der Waals surface area contributed by atoms with Gasteiger partial charge in [-0.05, 0) is 92.2 Å². The SMILES string of the molecule is COc1ccc(C2CCC(CN(C(=O)C3CCCCC3)c3cc(-c4cnc(C(C)C)s4)ccn3)CC2)cc1C. The van der Waals surface area contributed by atoms with Crippen LogP contribution in [-0.2, 0) is 4.79 Å². The van der Waals surface area contributed by atoms with Crippen molar-refractivity contribution in [2.45, 2.75) is 90.4 Å². The lowest BCUT2D eigenvalue weighted by Gasteiger charge is -2.35. The summed E-state index contributed by atoms with van der Waals surface area (Å²) in [5.74, 6) is 3.64. The lowest BCUT2D eigenvalue weighted by atomic mass is 9.78. The minimum absolute atomic E-state index is 0.124. The van der Waals surface area contributed by atoms with Crippen LogP contribution in [-0.4, -0.2) is 29.5 Å². The van der Waals surface area contributed by atoms with Gasteiger partial charge in [0, 0.05) is 30.8 Å². The van der Waals surface area contributed by atoms with E-state index < -0.39 is 0 Å². The van der Waals surface area contributed by atoms with Gasteiger partial charge in [-0.15, -0.1) is 11.3 Å². The molecule has 208 valence electrons. The van der Waals surface area contributed by atoms with Gasteiger partial charge >= 0.3 is 0 Å². The van der Waals surface area contributed by atoms with E-state index in [1.54, 1.807) is 18.4 Å². The molecule has 39 heavy (non-hydrogen) atoms. The Morgan fingerprint density at radius 1 is 1.03 bits per heavy atom. The van der Waals surface area contributed by atoms with E-state index in [0.29, 0.717) is 17.8 Å². The van der Waals surface area contributed by atoms with Gasteiger partial charge in [-0.25, -0.2) is 9.97 Å². The number of amides is 1. The van der Waals surface area contributed by atoms with Gasteiger partial charge in [0.25, 0.3) is 0 Å². The molecule has 0 atom stereocenters. The zero-order valence-corrected chi connectivity index (χ0v) is 24.8. The molecule has 2 aromatic heterocycles. The van der Waals surface area contributed by atoms with E-state index in [9.17, 15) is 4.79 Å². The highest BCUT2D eigenvalue weighted by atomic mass is 32.1. The number of aromatic nitrogens is 2. The summed E-state index contributed by atoms with van der Waals surface area (Å²) in [5, 5.41) is 1.14. The molecule has 1 amide bonds. The van der Waals surface area contributed by atoms with E-state index in [0.717, 1.165) is 84.9 Å². The van der Waals surface area contributed by atoms with Crippen LogP contribution in [0.2, 0.25) is 0 Å². The highest BCUT2D eigenvalue weighted by molar-refractivity contribution is 7.15. The van der Waals surface area contributed by atoms with Crippen LogP contribution in [0.5, 0.6) is 5.75 Å². The third kappa shape index (κ3) is 6.54. The van der Waals surface area contributed by atoms with Crippen LogP contribution >= 0.6 is 11.3 Å². The number of anilines is 1. The smallest absolute Gasteiger partial charge is 0.231 e. The number of hydrogen-bond donors (Lipinski definition) is 0. The van der Waals surface area contributed by atoms with Crippen LogP contribution in [0.25, 0.3) is 10.4 Å². The predicted octanol–water partition coefficient (Wildman–Crippen LogP) is 8.53. The number of nitrogens with zero attached hydrogens (tertiary/aromatic N) is 3. The van der Waals surface area contributed by atoms with Crippen molar-refractivity contribution in [3.8, 4) is 16.2 Å². The van der Waals surface area contributed by atoms with Gasteiger partial charge in [0.2, 0.25) is 5.91 Å². The molecule has 2 aliphatic rings. The Bertz CT molecular complexity index is 1260. The molecule has 5 rings (SSSR count). The third-order valence-electron chi connectivity index (χ3n) is 8.72. The summed E-state index contributed by atoms with van der Waals surface area (Å²) < 4.78 is 5.46. The molecular formula is C33H43N3O2S. The summed E-state index contributed by atoms with van der Waals surface area (Å²) in [7, 11) is 1.73. The van der Waals surface area contributed by atoms with E-state index in [4.69, 9.17) is 9.72 Å². The maximum absolute atomic E-state index is 14.0. The quantitative estimate of drug-likeness (QED) is 0.285. The van der Waals surface area contributed by atoms with Crippen LogP contribution < -0.4 is 9.64 Å². The van der Waals surface area contributed by atoms with Gasteiger partial charge in [0.1, 0.15) is 11.6 Å². The Labute approximate surface area is 238 Å². The van der Waals surface area contributed by atoms with Crippen LogP contribution in [0, 0.1) is 18.8 Å². The van der Waals surface area contributed by atoms with Gasteiger partial charge < -0.3 is 4.74 Å². The number of carbonyl (C=O) groups excluding carboxylic acids is 1. The molecule has 2 aliphatic carbocycles. The Kier molecular flexibility index (Phi) is 9.01. The molecule has 3 aromatic rings. The van der Waals surface area contributed by atoms with Crippen LogP contribution in [0.3, 0.4) is 0 Å². The minimum atomic E-state index is 0.124. The Morgan fingerprint density at radius 2 is 1.79 bits per heavy atom. The van der Waals surface area contributed by atoms with Gasteiger partial charge in [-0.1, -0.05) is 45.2 Å². The van der Waals surface area contributed by atoms with Gasteiger partial charge in [0.05, 0.1) is 17.0 Å². The van der Waals surface area contributed by atoms with Crippen molar-refractivity contribution in [3.05, 3.63) is 58.9 Å². The van der Waals surface area contributed by atoms with Crippen molar-refractivity contribution >= 4 is 23.1 Å². The van der Waals surface area contributed by atoms with Crippen molar-refractivity contribution in [2.24, 2.45) is 11.8 Å². The Hall–Kier alpha value is -2.73. The van der Waals surface area contributed by atoms with Crippen molar-refractivity contribution in [2.75, 3.05) is 18.6 Å². The third-order valence-corrected chi connectivity index (χ3v) is 10.1. The molecule has 0 aliphatic heterocycles. The van der Waals surface area contributed by atoms with E-state index in [-0.39, 0.29) is 11.8 Å². The second kappa shape index (κ2) is 12.6. The zero-order chi connectivity index (χ0) is 27.4. The normalized spacial score (nSPS) is 20.2. The van der Waals surface area contributed by atoms with Crippen molar-refractivity contribution < 1.29 is 9.53 Å². The molecular weight excluding hydrogens is 502 g/mol. The highest BCUT2D eigenvalue weighted by Crippen LogP contribution is 2.39. The first kappa shape index (κ1) is 27.8. The summed E-state index contributed by atoms with van der Waals surface area (Å²) >= 11 is 1.74. The Balaban J connectivity index is 1.33. The van der Waals surface area contributed by atoms with Gasteiger partial charge in [-0.2, -0.15) is 0 Å². The molecule has 0 saturated heterocycles. The second-order valence-corrected chi connectivity index (χ2v) is 12.9. The molecule has 1 aromatic carbocycles. The van der Waals surface area contributed by atoms with E-state index in [1.165, 1.54) is 17.5 Å². The van der Waals surface area contributed by atoms with Crippen molar-refractivity contribution in [3.63, 3.8) is 0 Å². The highest BCUT2D eigenvalue weighted by Gasteiger charge is 2.31. The monoisotopic (exact) mass is 545 g/mol. The minimum Gasteiger partial charge on any atom is -0.496 e. The number of pyridine rings is 1. The largest absolute Gasteiger partial charge is 0.496 e. The fourth-order valence-corrected chi connectivity index (χ4v) is 7.28. The molecule has 2 heterocycles. The summed E-state index contributed by atoms with van der Waals surface area (Å²) in [6, 6.07) is 10.8. The number of carbonyl (C=O) groups is 1. The van der Waals surface area contributed by atoms with Crippen LogP contribution in [0.1, 0.15) is 99.6 Å². The molecule has 6 heteroatoms. The first-order valence-electron chi connectivity index (χ1n) is 14.8. The first-order chi connectivity index (χ1) is 18.9. The average Bonchev–Trinajstić information content (AvgIpc) is 3.48. The number of hydrogen-bond acceptors (Lipinski definition) is 5. The molecule has 0 unspecified atom stereocenters. The molecule has 2 saturated carbocycles. The van der Waals surface area contributed by atoms with Crippen LogP contribution in [0.15, 0.2) is 42.7 Å². The fourth-order valence-electron chi connectivity index (χ4n) is 6.37. The summed E-state index contributed by atoms with van der Waals surface area (Å²) in [5.41, 5.74) is 3.72. The lowest BCUT2D eigenvalue weighted by Crippen LogP contribution is -2.41. The molecule has 0 spiro atoms. The molecule has 0 N–H and O–H groups in total. The summed E-state index contributed by atoms with van der Waals surface area (Å²) in [6.07, 6.45) is 14.0. The van der Waals surface area contributed by atoms with Gasteiger partial charge in [-0.3, -0.25) is 9.69 Å². The van der Waals surface area contributed by atoms with E-state index in [2.05, 4.69) is 50.0 Å². The molecule has 2 fully saturated rings. The lowest BCUT2D eigenvalue weighted by molar-refractivity contribution is -0.123. The molecule has 0 bridgehead atoms. The Morgan fingerprint density at radius 3 is 2.46 bits per heavy atom. The maximum Gasteiger partial charge on any atom is 0.231 e. The maximum atomic E-state index is 14.0. The fraction of sp³-hybridized carbons (Fsp3) is 0.545. The number of ether oxygens (including phenoxy) is 1. The summed E-state index contributed by atoms with van der Waals surface area (Å²) in [6.45, 7) is 7.24. The topological polar surface area (TPSA) is 55.3 Å². The first-order valence-corrected chi connectivity index (χ1v) is 15.6. The van der Waals surface area contributed by atoms with Crippen LogP contribution in [0.4, 0.5) is 5.82 Å². The number of aryl methyl sites for hydroxylation is 1. The van der Waals surface area contributed by atoms with E-state index >= 15 is 0 Å². The number of thiazole rings is 1. The number of benzene rings is 1. The van der Waals surface area contributed by atoms with Crippen molar-refractivity contribution in [1.29, 1.82) is 0 Å². The van der Waals surface area contributed by atoms with E-state index in [1.807, 2.05) is 23.4 Å². The zero-order valence-electron chi connectivity index (χ0n) is 24.0. The number of methoxy groups -OCH3 is 1. The second-order valence-electron chi connectivity index (χ2n) is 11.9. The van der Waals surface area contributed by atoms with Gasteiger partial charge in [0.15, 0.2) is 0 Å². The number of rotatable bonds is 8. The predicted molar refractivity (Wildman–Crippen MR) is 161 cm³/mol. The van der Waals surface area contributed by atoms with Crippen molar-refractivity contribution in [1.82, 2.24) is 9.97 Å². The summed E-state index contributed by atoms with van der Waals surface area (Å²) in [4.78, 5) is 26.5. The molecule has 5 nitrogen and oxygen atoms in total.